The number of hydrogen-bond donors (Lipinski definition) is 0. The lowest BCUT2D eigenvalue weighted by molar-refractivity contribution is 0.995. The number of halogens is 1. The van der Waals surface area contributed by atoms with Gasteiger partial charge in [-0.15, -0.1) is 11.8 Å². The fourth-order valence-corrected chi connectivity index (χ4v) is 1.67. The second-order valence-electron chi connectivity index (χ2n) is 1.38. The van der Waals surface area contributed by atoms with Crippen molar-refractivity contribution >= 4 is 33.2 Å². The molecule has 0 amide bonds. The molecule has 0 fully saturated rings. The molecule has 0 aromatic carbocycles. The van der Waals surface area contributed by atoms with Crippen LogP contribution in [0.25, 0.3) is 0 Å². The third-order valence-electron chi connectivity index (χ3n) is 0.809. The van der Waals surface area contributed by atoms with Gasteiger partial charge in [0.2, 0.25) is 0 Å². The molecule has 0 aromatic heterocycles. The van der Waals surface area contributed by atoms with Gasteiger partial charge in [-0.1, -0.05) is 15.9 Å². The van der Waals surface area contributed by atoms with E-state index < -0.39 is 0 Å². The van der Waals surface area contributed by atoms with Crippen molar-refractivity contribution in [2.45, 2.75) is 5.25 Å². The Labute approximate surface area is 55.7 Å². The van der Waals surface area contributed by atoms with E-state index in [2.05, 4.69) is 20.9 Å². The van der Waals surface area contributed by atoms with Gasteiger partial charge in [-0.25, -0.2) is 0 Å². The van der Waals surface area contributed by atoms with Crippen LogP contribution in [0.15, 0.2) is 4.99 Å². The van der Waals surface area contributed by atoms with Gasteiger partial charge in [0.25, 0.3) is 0 Å². The molecule has 0 saturated carbocycles. The van der Waals surface area contributed by atoms with Crippen molar-refractivity contribution in [2.75, 3.05) is 11.9 Å². The lowest BCUT2D eigenvalue weighted by Gasteiger charge is -1.96. The van der Waals surface area contributed by atoms with Crippen LogP contribution in [-0.2, 0) is 0 Å². The highest BCUT2D eigenvalue weighted by atomic mass is 79.9. The van der Waals surface area contributed by atoms with Gasteiger partial charge in [0.15, 0.2) is 0 Å². The summed E-state index contributed by atoms with van der Waals surface area (Å²) >= 11 is 5.18. The molecule has 0 aliphatic carbocycles. The van der Waals surface area contributed by atoms with Gasteiger partial charge < -0.3 is 0 Å². The number of rotatable bonds is 1. The molecule has 0 aromatic rings. The van der Waals surface area contributed by atoms with E-state index >= 15 is 0 Å². The number of aliphatic imine (C=N–C) groups is 1. The topological polar surface area (TPSA) is 12.4 Å². The van der Waals surface area contributed by atoms with E-state index in [1.807, 2.05) is 5.55 Å². The van der Waals surface area contributed by atoms with Gasteiger partial charge in [-0.05, 0) is 0 Å². The number of alkyl halides is 1. The van der Waals surface area contributed by atoms with E-state index in [4.69, 9.17) is 0 Å². The van der Waals surface area contributed by atoms with Gasteiger partial charge in [0, 0.05) is 10.6 Å². The fourth-order valence-electron chi connectivity index (χ4n) is 0.418. The first kappa shape index (κ1) is 5.63. The summed E-state index contributed by atoms with van der Waals surface area (Å²) in [6.45, 7) is 0.996. The molecule has 1 heterocycles. The van der Waals surface area contributed by atoms with E-state index in [1.54, 1.807) is 11.8 Å². The van der Waals surface area contributed by atoms with Crippen LogP contribution in [0, 0.1) is 0 Å². The maximum atomic E-state index is 4.04. The average Bonchev–Trinajstić information content (AvgIpc) is 2.14. The lowest BCUT2D eigenvalue weighted by Crippen LogP contribution is -2.02. The molecule has 1 aliphatic rings. The maximum absolute atomic E-state index is 4.04. The van der Waals surface area contributed by atoms with Crippen molar-refractivity contribution in [3.05, 3.63) is 0 Å². The van der Waals surface area contributed by atoms with E-state index in [9.17, 15) is 0 Å². The second-order valence-corrected chi connectivity index (χ2v) is 3.18. The van der Waals surface area contributed by atoms with Gasteiger partial charge in [0.1, 0.15) is 0 Å². The summed E-state index contributed by atoms with van der Waals surface area (Å²) in [5.41, 5.74) is 1.92. The molecule has 0 radical (unpaired) electrons. The average molecular weight is 180 g/mol. The van der Waals surface area contributed by atoms with Crippen molar-refractivity contribution in [2.24, 2.45) is 4.99 Å². The van der Waals surface area contributed by atoms with Crippen molar-refractivity contribution in [1.29, 1.82) is 0 Å². The fraction of sp³-hybridized carbons (Fsp3) is 0.750. The first-order valence-corrected chi connectivity index (χ1v) is 4.19. The number of hydrogen-bond acceptors (Lipinski definition) is 2. The molecule has 1 atom stereocenters. The van der Waals surface area contributed by atoms with Crippen LogP contribution in [0.1, 0.15) is 0 Å². The monoisotopic (exact) mass is 179 g/mol. The Morgan fingerprint density at radius 1 is 2.00 bits per heavy atom. The lowest BCUT2D eigenvalue weighted by atomic mass is 10.5. The zero-order valence-electron chi connectivity index (χ0n) is 3.80. The maximum Gasteiger partial charge on any atom is 0.0545 e. The minimum atomic E-state index is 0.708. The van der Waals surface area contributed by atoms with Gasteiger partial charge in [-0.2, -0.15) is 0 Å². The van der Waals surface area contributed by atoms with Crippen molar-refractivity contribution in [1.82, 2.24) is 0 Å². The minimum absolute atomic E-state index is 0.708. The molecule has 7 heavy (non-hydrogen) atoms. The Morgan fingerprint density at radius 3 is 3.14 bits per heavy atom. The summed E-state index contributed by atoms with van der Waals surface area (Å²) in [6, 6.07) is 0. The van der Waals surface area contributed by atoms with Gasteiger partial charge in [-0.3, -0.25) is 4.99 Å². The first-order chi connectivity index (χ1) is 3.43. The molecular weight excluding hydrogens is 174 g/mol. The molecule has 40 valence electrons. The highest BCUT2D eigenvalue weighted by Gasteiger charge is 2.08. The normalized spacial score (nSPS) is 29.0. The van der Waals surface area contributed by atoms with Crippen LogP contribution in [0.4, 0.5) is 0 Å². The third-order valence-corrected chi connectivity index (χ3v) is 2.99. The molecule has 1 unspecified atom stereocenters. The summed E-state index contributed by atoms with van der Waals surface area (Å²) in [5.74, 6) is 0. The largest absolute Gasteiger partial charge is 0.285 e. The van der Waals surface area contributed by atoms with E-state index in [1.165, 1.54) is 0 Å². The molecular formula is C4H6BrNS. The van der Waals surface area contributed by atoms with Crippen molar-refractivity contribution in [3.63, 3.8) is 0 Å². The highest BCUT2D eigenvalue weighted by molar-refractivity contribution is 9.09. The SMILES string of the molecule is BrCC1CN=CS1. The molecule has 0 bridgehead atoms. The Balaban J connectivity index is 2.22. The Morgan fingerprint density at radius 2 is 2.86 bits per heavy atom. The Bertz CT molecular complexity index is 75.8. The summed E-state index contributed by atoms with van der Waals surface area (Å²) in [7, 11) is 0. The van der Waals surface area contributed by atoms with Crippen LogP contribution in [0.5, 0.6) is 0 Å². The minimum Gasteiger partial charge on any atom is -0.285 e. The molecule has 1 rings (SSSR count). The zero-order valence-corrected chi connectivity index (χ0v) is 6.20. The molecule has 1 nitrogen and oxygen atoms in total. The third kappa shape index (κ3) is 1.46. The van der Waals surface area contributed by atoms with E-state index in [0.717, 1.165) is 11.9 Å². The summed E-state index contributed by atoms with van der Waals surface area (Å²) in [6.07, 6.45) is 0. The summed E-state index contributed by atoms with van der Waals surface area (Å²) in [4.78, 5) is 4.04. The summed E-state index contributed by atoms with van der Waals surface area (Å²) in [5, 5.41) is 1.78. The summed E-state index contributed by atoms with van der Waals surface area (Å²) < 4.78 is 0. The van der Waals surface area contributed by atoms with Gasteiger partial charge in [0.05, 0.1) is 12.1 Å². The first-order valence-electron chi connectivity index (χ1n) is 2.13. The predicted molar refractivity (Wildman–Crippen MR) is 38.5 cm³/mol. The van der Waals surface area contributed by atoms with Crippen LogP contribution in [-0.4, -0.2) is 22.7 Å². The number of nitrogens with zero attached hydrogens (tertiary/aromatic N) is 1. The van der Waals surface area contributed by atoms with Crippen LogP contribution < -0.4 is 0 Å². The van der Waals surface area contributed by atoms with Crippen LogP contribution >= 0.6 is 27.7 Å². The number of thioether (sulfide) groups is 1. The van der Waals surface area contributed by atoms with E-state index in [-0.39, 0.29) is 0 Å². The molecule has 3 heteroatoms. The van der Waals surface area contributed by atoms with Crippen LogP contribution in [0.2, 0.25) is 0 Å². The predicted octanol–water partition coefficient (Wildman–Crippen LogP) is 1.52. The highest BCUT2D eigenvalue weighted by Crippen LogP contribution is 2.15. The molecule has 0 saturated heterocycles. The van der Waals surface area contributed by atoms with Crippen molar-refractivity contribution in [3.8, 4) is 0 Å². The van der Waals surface area contributed by atoms with Crippen molar-refractivity contribution < 1.29 is 0 Å². The van der Waals surface area contributed by atoms with Crippen LogP contribution in [0.3, 0.4) is 0 Å². The van der Waals surface area contributed by atoms with E-state index in [0.29, 0.717) is 5.25 Å². The Kier molecular flexibility index (Phi) is 2.19. The Hall–Kier alpha value is 0.500. The quantitative estimate of drug-likeness (QED) is 0.557. The second kappa shape index (κ2) is 2.72. The standard InChI is InChI=1S/C4H6BrNS/c5-1-4-2-6-3-7-4/h3-4H,1-2H2. The molecule has 1 aliphatic heterocycles. The zero-order chi connectivity index (χ0) is 5.11. The molecule has 0 N–H and O–H groups in total. The smallest absolute Gasteiger partial charge is 0.0545 e. The van der Waals surface area contributed by atoms with Gasteiger partial charge >= 0.3 is 0 Å². The molecule has 0 spiro atoms.